The number of carboxylic acid groups (broad SMARTS) is 1. The van der Waals surface area contributed by atoms with Gasteiger partial charge in [0, 0.05) is 0 Å². The summed E-state index contributed by atoms with van der Waals surface area (Å²) < 4.78 is 13.8. The maximum Gasteiger partial charge on any atom is 0.527 e. The molecule has 0 amide bonds. The van der Waals surface area contributed by atoms with Crippen LogP contribution in [0.2, 0.25) is 0 Å². The third-order valence-corrected chi connectivity index (χ3v) is 1.83. The van der Waals surface area contributed by atoms with Crippen molar-refractivity contribution in [2.75, 3.05) is 0 Å². The third kappa shape index (κ3) is 4.33. The Bertz CT molecular complexity index is 284. The van der Waals surface area contributed by atoms with Crippen LogP contribution in [0, 0.1) is 5.92 Å². The zero-order chi connectivity index (χ0) is 11.5. The SMILES string of the molecule is CC(C(=O)O)[C@H](N)C(=O)OP(=O)(O)O. The first-order chi connectivity index (χ1) is 6.15. The minimum atomic E-state index is -4.97. The van der Waals surface area contributed by atoms with E-state index in [0.717, 1.165) is 6.92 Å². The highest BCUT2D eigenvalue weighted by atomic mass is 31.2. The van der Waals surface area contributed by atoms with Crippen LogP contribution in [0.15, 0.2) is 0 Å². The maximum atomic E-state index is 10.8. The Labute approximate surface area is 78.9 Å². The Hall–Kier alpha value is -0.950. The van der Waals surface area contributed by atoms with E-state index >= 15 is 0 Å². The summed E-state index contributed by atoms with van der Waals surface area (Å²) in [5.41, 5.74) is 5.07. The van der Waals surface area contributed by atoms with Gasteiger partial charge in [-0.3, -0.25) is 14.6 Å². The van der Waals surface area contributed by atoms with E-state index < -0.39 is 31.7 Å². The van der Waals surface area contributed by atoms with E-state index in [1.165, 1.54) is 0 Å². The molecule has 0 aromatic rings. The van der Waals surface area contributed by atoms with Gasteiger partial charge in [0.1, 0.15) is 6.04 Å². The summed E-state index contributed by atoms with van der Waals surface area (Å²) in [4.78, 5) is 37.6. The normalized spacial score (nSPS) is 15.7. The predicted octanol–water partition coefficient (Wildman–Crippen LogP) is -1.33. The van der Waals surface area contributed by atoms with Crippen molar-refractivity contribution in [3.05, 3.63) is 0 Å². The quantitative estimate of drug-likeness (QED) is 0.432. The van der Waals surface area contributed by atoms with Gasteiger partial charge in [-0.1, -0.05) is 0 Å². The first kappa shape index (κ1) is 13.1. The number of carbonyl (C=O) groups excluding carboxylic acids is 1. The van der Waals surface area contributed by atoms with Gasteiger partial charge in [0.15, 0.2) is 0 Å². The van der Waals surface area contributed by atoms with Gasteiger partial charge in [-0.05, 0) is 6.92 Å². The fourth-order valence-corrected chi connectivity index (χ4v) is 0.892. The first-order valence-electron chi connectivity index (χ1n) is 3.42. The van der Waals surface area contributed by atoms with Crippen LogP contribution in [0.25, 0.3) is 0 Å². The number of carboxylic acids is 1. The highest BCUT2D eigenvalue weighted by molar-refractivity contribution is 7.46. The second kappa shape index (κ2) is 4.52. The number of nitrogens with two attached hydrogens (primary N) is 1. The number of rotatable bonds is 4. The molecule has 1 unspecified atom stereocenters. The molecule has 0 heterocycles. The van der Waals surface area contributed by atoms with E-state index in [1.807, 2.05) is 0 Å². The molecule has 0 radical (unpaired) electrons. The van der Waals surface area contributed by atoms with E-state index in [0.29, 0.717) is 0 Å². The first-order valence-corrected chi connectivity index (χ1v) is 4.95. The number of phosphoric ester groups is 1. The second-order valence-electron chi connectivity index (χ2n) is 2.55. The van der Waals surface area contributed by atoms with E-state index in [9.17, 15) is 14.2 Å². The molecule has 9 heteroatoms. The number of aliphatic carboxylic acids is 1. The van der Waals surface area contributed by atoms with Gasteiger partial charge in [-0.25, -0.2) is 9.36 Å². The molecule has 5 N–H and O–H groups in total. The zero-order valence-electron chi connectivity index (χ0n) is 7.15. The fraction of sp³-hybridized carbons (Fsp3) is 0.600. The maximum absolute atomic E-state index is 10.8. The summed E-state index contributed by atoms with van der Waals surface area (Å²) in [6, 6.07) is -1.61. The van der Waals surface area contributed by atoms with Crippen LogP contribution < -0.4 is 5.73 Å². The van der Waals surface area contributed by atoms with E-state index in [4.69, 9.17) is 20.6 Å². The molecular formula is C5H10NO7P. The van der Waals surface area contributed by atoms with Crippen LogP contribution in [0.1, 0.15) is 6.92 Å². The second-order valence-corrected chi connectivity index (χ2v) is 3.72. The van der Waals surface area contributed by atoms with Crippen LogP contribution in [-0.4, -0.2) is 32.9 Å². The number of carbonyl (C=O) groups is 2. The standard InChI is InChI=1S/C5H10NO7P/c1-2(4(7)8)3(6)5(9)13-14(10,11)12/h2-3H,6H2,1H3,(H,7,8)(H2,10,11,12)/t2?,3-/m0/s1. The van der Waals surface area contributed by atoms with Crippen molar-refractivity contribution in [1.29, 1.82) is 0 Å². The number of hydrogen-bond acceptors (Lipinski definition) is 5. The van der Waals surface area contributed by atoms with Crippen molar-refractivity contribution in [3.63, 3.8) is 0 Å². The molecule has 14 heavy (non-hydrogen) atoms. The molecule has 0 aromatic carbocycles. The Morgan fingerprint density at radius 3 is 2.14 bits per heavy atom. The lowest BCUT2D eigenvalue weighted by molar-refractivity contribution is -0.148. The van der Waals surface area contributed by atoms with E-state index in [-0.39, 0.29) is 0 Å². The Morgan fingerprint density at radius 2 is 1.86 bits per heavy atom. The zero-order valence-corrected chi connectivity index (χ0v) is 8.05. The minimum absolute atomic E-state index is 1.12. The number of hydrogen-bond donors (Lipinski definition) is 4. The number of phosphoric acid groups is 1. The van der Waals surface area contributed by atoms with Gasteiger partial charge in [-0.2, -0.15) is 0 Å². The third-order valence-electron chi connectivity index (χ3n) is 1.41. The molecular weight excluding hydrogens is 217 g/mol. The van der Waals surface area contributed by atoms with Crippen LogP contribution in [-0.2, 0) is 18.7 Å². The fourth-order valence-electron chi connectivity index (χ4n) is 0.536. The van der Waals surface area contributed by atoms with Gasteiger partial charge in [0.25, 0.3) is 0 Å². The highest BCUT2D eigenvalue weighted by Gasteiger charge is 2.32. The van der Waals surface area contributed by atoms with Crippen LogP contribution in [0.5, 0.6) is 0 Å². The average Bonchev–Trinajstić information content (AvgIpc) is 1.98. The molecule has 0 fully saturated rings. The molecule has 8 nitrogen and oxygen atoms in total. The smallest absolute Gasteiger partial charge is 0.481 e. The molecule has 2 atom stereocenters. The van der Waals surface area contributed by atoms with Gasteiger partial charge < -0.3 is 15.4 Å². The lowest BCUT2D eigenvalue weighted by Crippen LogP contribution is -2.41. The van der Waals surface area contributed by atoms with E-state index in [2.05, 4.69) is 4.52 Å². The highest BCUT2D eigenvalue weighted by Crippen LogP contribution is 2.36. The van der Waals surface area contributed by atoms with Crippen molar-refractivity contribution >= 4 is 19.8 Å². The molecule has 0 aliphatic heterocycles. The summed E-state index contributed by atoms with van der Waals surface area (Å²) in [5.74, 6) is -4.09. The van der Waals surface area contributed by atoms with Crippen molar-refractivity contribution < 1.29 is 33.6 Å². The molecule has 0 rings (SSSR count). The summed E-state index contributed by atoms with van der Waals surface area (Å²) in [5, 5.41) is 8.42. The van der Waals surface area contributed by atoms with Crippen molar-refractivity contribution in [2.45, 2.75) is 13.0 Å². The van der Waals surface area contributed by atoms with Crippen molar-refractivity contribution in [1.82, 2.24) is 0 Å². The van der Waals surface area contributed by atoms with Gasteiger partial charge >= 0.3 is 19.8 Å². The lowest BCUT2D eigenvalue weighted by atomic mass is 10.0. The van der Waals surface area contributed by atoms with Gasteiger partial charge in [0.2, 0.25) is 0 Å². The molecule has 0 saturated carbocycles. The largest absolute Gasteiger partial charge is 0.527 e. The van der Waals surface area contributed by atoms with Crippen molar-refractivity contribution in [2.24, 2.45) is 11.7 Å². The Kier molecular flexibility index (Phi) is 4.21. The summed E-state index contributed by atoms with van der Waals surface area (Å²) in [6.45, 7) is 1.12. The Morgan fingerprint density at radius 1 is 1.43 bits per heavy atom. The van der Waals surface area contributed by atoms with Crippen LogP contribution in [0.3, 0.4) is 0 Å². The minimum Gasteiger partial charge on any atom is -0.481 e. The van der Waals surface area contributed by atoms with Gasteiger partial charge in [0.05, 0.1) is 5.92 Å². The summed E-state index contributed by atoms with van der Waals surface area (Å²) >= 11 is 0. The molecule has 0 aliphatic carbocycles. The molecule has 0 aromatic heterocycles. The summed E-state index contributed by atoms with van der Waals surface area (Å²) in [6.07, 6.45) is 0. The average molecular weight is 227 g/mol. The molecule has 82 valence electrons. The monoisotopic (exact) mass is 227 g/mol. The molecule has 0 bridgehead atoms. The molecule has 0 saturated heterocycles. The van der Waals surface area contributed by atoms with Crippen LogP contribution >= 0.6 is 7.82 Å². The Balaban J connectivity index is 4.41. The molecule has 0 spiro atoms. The lowest BCUT2D eigenvalue weighted by Gasteiger charge is -2.14. The molecule has 0 aliphatic rings. The van der Waals surface area contributed by atoms with Crippen LogP contribution in [0.4, 0.5) is 0 Å². The topological polar surface area (TPSA) is 147 Å². The van der Waals surface area contributed by atoms with Gasteiger partial charge in [-0.15, -0.1) is 0 Å². The van der Waals surface area contributed by atoms with Crippen molar-refractivity contribution in [3.8, 4) is 0 Å². The van der Waals surface area contributed by atoms with E-state index in [1.54, 1.807) is 0 Å². The summed E-state index contributed by atoms with van der Waals surface area (Å²) in [7, 11) is -4.97. The predicted molar refractivity (Wildman–Crippen MR) is 42.9 cm³/mol.